The van der Waals surface area contributed by atoms with Gasteiger partial charge in [-0.3, -0.25) is 9.59 Å². The monoisotopic (exact) mass is 350 g/mol. The first-order valence-corrected chi connectivity index (χ1v) is 8.48. The molecule has 1 heterocycles. The summed E-state index contributed by atoms with van der Waals surface area (Å²) in [6.45, 7) is 4.15. The molecule has 0 radical (unpaired) electrons. The molecule has 1 aliphatic rings. The van der Waals surface area contributed by atoms with Gasteiger partial charge in [-0.15, -0.1) is 0 Å². The molecule has 7 nitrogen and oxygen atoms in total. The maximum Gasteiger partial charge on any atom is 0.227 e. The number of nitrogens with zero attached hydrogens (tertiary/aromatic N) is 1. The zero-order valence-corrected chi connectivity index (χ0v) is 15.0. The van der Waals surface area contributed by atoms with Crippen molar-refractivity contribution < 1.29 is 23.8 Å². The second-order valence-electron chi connectivity index (χ2n) is 5.79. The zero-order valence-electron chi connectivity index (χ0n) is 15.0. The molecule has 2 amide bonds. The van der Waals surface area contributed by atoms with Crippen LogP contribution in [-0.2, 0) is 14.3 Å². The summed E-state index contributed by atoms with van der Waals surface area (Å²) in [5.74, 6) is 0.653. The number of carbonyl (C=O) groups is 2. The second-order valence-corrected chi connectivity index (χ2v) is 5.79. The van der Waals surface area contributed by atoms with Crippen LogP contribution in [0.2, 0.25) is 0 Å². The van der Waals surface area contributed by atoms with Crippen molar-refractivity contribution in [1.82, 2.24) is 5.32 Å². The minimum Gasteiger partial charge on any atom is -0.493 e. The standard InChI is InChI=1S/C18H26N2O5/c1-4-25-9-5-8-19-18(22)13-10-17(21)20(12-13)14-6-7-15(23-2)16(11-14)24-3/h6-7,11,13H,4-5,8-10,12H2,1-3H3,(H,19,22). The van der Waals surface area contributed by atoms with Crippen molar-refractivity contribution in [2.45, 2.75) is 19.8 Å². The summed E-state index contributed by atoms with van der Waals surface area (Å²) in [6.07, 6.45) is 0.977. The van der Waals surface area contributed by atoms with Crippen molar-refractivity contribution in [2.75, 3.05) is 45.4 Å². The van der Waals surface area contributed by atoms with Crippen LogP contribution in [0.15, 0.2) is 18.2 Å². The summed E-state index contributed by atoms with van der Waals surface area (Å²) in [5, 5.41) is 2.87. The van der Waals surface area contributed by atoms with E-state index in [1.807, 2.05) is 6.92 Å². The van der Waals surface area contributed by atoms with Gasteiger partial charge in [0.2, 0.25) is 11.8 Å². The number of hydrogen-bond donors (Lipinski definition) is 1. The van der Waals surface area contributed by atoms with Gasteiger partial charge in [0.25, 0.3) is 0 Å². The van der Waals surface area contributed by atoms with E-state index in [0.29, 0.717) is 43.5 Å². The Morgan fingerprint density at radius 1 is 1.28 bits per heavy atom. The molecule has 0 aromatic heterocycles. The number of methoxy groups -OCH3 is 2. The van der Waals surface area contributed by atoms with Crippen LogP contribution in [-0.4, -0.2) is 52.3 Å². The summed E-state index contributed by atoms with van der Waals surface area (Å²) in [6, 6.07) is 5.29. The molecule has 25 heavy (non-hydrogen) atoms. The molecular formula is C18H26N2O5. The maximum absolute atomic E-state index is 12.3. The van der Waals surface area contributed by atoms with Crippen LogP contribution < -0.4 is 19.7 Å². The van der Waals surface area contributed by atoms with E-state index in [1.165, 1.54) is 0 Å². The summed E-state index contributed by atoms with van der Waals surface area (Å²) in [7, 11) is 3.11. The predicted octanol–water partition coefficient (Wildman–Crippen LogP) is 1.60. The molecule has 2 rings (SSSR count). The molecule has 0 saturated carbocycles. The highest BCUT2D eigenvalue weighted by Gasteiger charge is 2.35. The molecule has 1 atom stereocenters. The van der Waals surface area contributed by atoms with Crippen molar-refractivity contribution in [3.8, 4) is 11.5 Å². The van der Waals surface area contributed by atoms with Gasteiger partial charge in [0.15, 0.2) is 11.5 Å². The second kappa shape index (κ2) is 9.27. The molecule has 0 aliphatic carbocycles. The number of carbonyl (C=O) groups excluding carboxylic acids is 2. The Labute approximate surface area is 148 Å². The maximum atomic E-state index is 12.3. The first-order valence-electron chi connectivity index (χ1n) is 8.48. The molecule has 1 fully saturated rings. The number of rotatable bonds is 9. The number of hydrogen-bond acceptors (Lipinski definition) is 5. The Bertz CT molecular complexity index is 605. The van der Waals surface area contributed by atoms with E-state index in [4.69, 9.17) is 14.2 Å². The normalized spacial score (nSPS) is 16.8. The first-order chi connectivity index (χ1) is 12.1. The van der Waals surface area contributed by atoms with Crippen molar-refractivity contribution in [2.24, 2.45) is 5.92 Å². The number of anilines is 1. The van der Waals surface area contributed by atoms with E-state index in [-0.39, 0.29) is 24.2 Å². The Balaban J connectivity index is 1.94. The Hall–Kier alpha value is -2.28. The Kier molecular flexibility index (Phi) is 7.06. The van der Waals surface area contributed by atoms with Gasteiger partial charge in [0.05, 0.1) is 20.1 Å². The van der Waals surface area contributed by atoms with E-state index in [0.717, 1.165) is 6.42 Å². The van der Waals surface area contributed by atoms with Gasteiger partial charge in [-0.25, -0.2) is 0 Å². The van der Waals surface area contributed by atoms with Crippen molar-refractivity contribution in [1.29, 1.82) is 0 Å². The molecule has 0 spiro atoms. The third-order valence-corrected chi connectivity index (χ3v) is 4.14. The molecule has 1 saturated heterocycles. The van der Waals surface area contributed by atoms with E-state index in [2.05, 4.69) is 5.32 Å². The number of benzene rings is 1. The molecular weight excluding hydrogens is 324 g/mol. The van der Waals surface area contributed by atoms with Crippen LogP contribution >= 0.6 is 0 Å². The fourth-order valence-corrected chi connectivity index (χ4v) is 2.80. The van der Waals surface area contributed by atoms with Gasteiger partial charge < -0.3 is 24.4 Å². The average molecular weight is 350 g/mol. The molecule has 138 valence electrons. The van der Waals surface area contributed by atoms with E-state index >= 15 is 0 Å². The summed E-state index contributed by atoms with van der Waals surface area (Å²) < 4.78 is 15.7. The molecule has 1 aromatic rings. The molecule has 1 aliphatic heterocycles. The smallest absolute Gasteiger partial charge is 0.227 e. The summed E-state index contributed by atoms with van der Waals surface area (Å²) >= 11 is 0. The molecule has 7 heteroatoms. The van der Waals surface area contributed by atoms with Crippen LogP contribution in [0.3, 0.4) is 0 Å². The van der Waals surface area contributed by atoms with Gasteiger partial charge in [-0.05, 0) is 25.5 Å². The van der Waals surface area contributed by atoms with Crippen LogP contribution in [0.25, 0.3) is 0 Å². The lowest BCUT2D eigenvalue weighted by Gasteiger charge is -2.18. The molecule has 1 N–H and O–H groups in total. The quantitative estimate of drug-likeness (QED) is 0.685. The largest absolute Gasteiger partial charge is 0.493 e. The lowest BCUT2D eigenvalue weighted by molar-refractivity contribution is -0.126. The third kappa shape index (κ3) is 4.85. The van der Waals surface area contributed by atoms with Gasteiger partial charge in [-0.1, -0.05) is 0 Å². The van der Waals surface area contributed by atoms with Gasteiger partial charge in [0.1, 0.15) is 0 Å². The SMILES string of the molecule is CCOCCCNC(=O)C1CC(=O)N(c2ccc(OC)c(OC)c2)C1. The van der Waals surface area contributed by atoms with E-state index in [9.17, 15) is 9.59 Å². The topological polar surface area (TPSA) is 77.1 Å². The van der Waals surface area contributed by atoms with Crippen LogP contribution in [0.5, 0.6) is 11.5 Å². The lowest BCUT2D eigenvalue weighted by Crippen LogP contribution is -2.33. The summed E-state index contributed by atoms with van der Waals surface area (Å²) in [5.41, 5.74) is 0.703. The van der Waals surface area contributed by atoms with Crippen LogP contribution in [0, 0.1) is 5.92 Å². The molecule has 1 unspecified atom stereocenters. The minimum atomic E-state index is -0.340. The highest BCUT2D eigenvalue weighted by molar-refractivity contribution is 6.00. The predicted molar refractivity (Wildman–Crippen MR) is 94.1 cm³/mol. The molecule has 0 bridgehead atoms. The number of ether oxygens (including phenoxy) is 3. The van der Waals surface area contributed by atoms with Gasteiger partial charge in [-0.2, -0.15) is 0 Å². The van der Waals surface area contributed by atoms with Crippen LogP contribution in [0.1, 0.15) is 19.8 Å². The lowest BCUT2D eigenvalue weighted by atomic mass is 10.1. The van der Waals surface area contributed by atoms with Crippen molar-refractivity contribution >= 4 is 17.5 Å². The Morgan fingerprint density at radius 3 is 2.72 bits per heavy atom. The highest BCUT2D eigenvalue weighted by Crippen LogP contribution is 2.34. The van der Waals surface area contributed by atoms with Gasteiger partial charge >= 0.3 is 0 Å². The molecule has 1 aromatic carbocycles. The Morgan fingerprint density at radius 2 is 2.04 bits per heavy atom. The average Bonchev–Trinajstić information content (AvgIpc) is 3.02. The van der Waals surface area contributed by atoms with Crippen LogP contribution in [0.4, 0.5) is 5.69 Å². The van der Waals surface area contributed by atoms with Gasteiger partial charge in [0, 0.05) is 44.5 Å². The number of nitrogens with one attached hydrogen (secondary N) is 1. The minimum absolute atomic E-state index is 0.0679. The van der Waals surface area contributed by atoms with E-state index < -0.39 is 0 Å². The fraction of sp³-hybridized carbons (Fsp3) is 0.556. The fourth-order valence-electron chi connectivity index (χ4n) is 2.80. The van der Waals surface area contributed by atoms with Crippen molar-refractivity contribution in [3.05, 3.63) is 18.2 Å². The van der Waals surface area contributed by atoms with E-state index in [1.54, 1.807) is 37.3 Å². The summed E-state index contributed by atoms with van der Waals surface area (Å²) in [4.78, 5) is 26.2. The first kappa shape index (κ1) is 19.1. The highest BCUT2D eigenvalue weighted by atomic mass is 16.5. The number of amides is 2. The third-order valence-electron chi connectivity index (χ3n) is 4.14. The zero-order chi connectivity index (χ0) is 18.2. The van der Waals surface area contributed by atoms with Crippen molar-refractivity contribution in [3.63, 3.8) is 0 Å².